The summed E-state index contributed by atoms with van der Waals surface area (Å²) in [6.45, 7) is 4.24. The van der Waals surface area contributed by atoms with Crippen LogP contribution in [0, 0.1) is 6.92 Å². The Balaban J connectivity index is 1.51. The zero-order valence-electron chi connectivity index (χ0n) is 15.4. The molecule has 0 amide bonds. The summed E-state index contributed by atoms with van der Waals surface area (Å²) < 4.78 is 8.79. The van der Waals surface area contributed by atoms with Crippen molar-refractivity contribution in [2.45, 2.75) is 25.2 Å². The molecule has 1 N–H and O–H groups in total. The number of aryl methyl sites for hydroxylation is 2. The van der Waals surface area contributed by atoms with Crippen molar-refractivity contribution in [3.05, 3.63) is 63.6 Å². The van der Waals surface area contributed by atoms with Crippen molar-refractivity contribution in [1.29, 1.82) is 0 Å². The van der Waals surface area contributed by atoms with Gasteiger partial charge in [-0.05, 0) is 41.1 Å². The predicted molar refractivity (Wildman–Crippen MR) is 111 cm³/mol. The van der Waals surface area contributed by atoms with Crippen LogP contribution in [0.4, 0.5) is 0 Å². The molecule has 0 fully saturated rings. The third-order valence-electron chi connectivity index (χ3n) is 3.91. The predicted octanol–water partition coefficient (Wildman–Crippen LogP) is 3.74. The molecule has 0 bridgehead atoms. The average Bonchev–Trinajstić information content (AvgIpc) is 3.06. The van der Waals surface area contributed by atoms with E-state index in [2.05, 4.69) is 74.0 Å². The summed E-state index contributed by atoms with van der Waals surface area (Å²) in [5, 5.41) is 15.7. The molecule has 0 radical (unpaired) electrons. The first-order chi connectivity index (χ1) is 13.1. The second kappa shape index (κ2) is 9.87. The lowest BCUT2D eigenvalue weighted by Crippen LogP contribution is -2.17. The van der Waals surface area contributed by atoms with Crippen molar-refractivity contribution in [3.8, 4) is 5.75 Å². The van der Waals surface area contributed by atoms with Gasteiger partial charge < -0.3 is 10.1 Å². The van der Waals surface area contributed by atoms with E-state index >= 15 is 0 Å². The molecule has 1 aromatic heterocycles. The number of hydrogen-bond donors (Lipinski definition) is 1. The van der Waals surface area contributed by atoms with Crippen molar-refractivity contribution >= 4 is 27.7 Å². The summed E-state index contributed by atoms with van der Waals surface area (Å²) in [4.78, 5) is 0. The fraction of sp³-hybridized carbons (Fsp3) is 0.316. The first kappa shape index (κ1) is 19.9. The van der Waals surface area contributed by atoms with Crippen molar-refractivity contribution in [2.24, 2.45) is 7.05 Å². The molecule has 2 aromatic carbocycles. The summed E-state index contributed by atoms with van der Waals surface area (Å²) >= 11 is 5.18. The SMILES string of the molecule is Cc1cccc(COc2ccc(Br)cc2CNCCSc2nnnn2C)c1. The summed E-state index contributed by atoms with van der Waals surface area (Å²) in [5.41, 5.74) is 3.54. The van der Waals surface area contributed by atoms with Crippen LogP contribution >= 0.6 is 27.7 Å². The number of thioether (sulfide) groups is 1. The Labute approximate surface area is 171 Å². The van der Waals surface area contributed by atoms with Crippen LogP contribution in [0.5, 0.6) is 5.75 Å². The minimum absolute atomic E-state index is 0.561. The topological polar surface area (TPSA) is 64.9 Å². The van der Waals surface area contributed by atoms with Gasteiger partial charge in [0.25, 0.3) is 0 Å². The van der Waals surface area contributed by atoms with Crippen LogP contribution in [0.3, 0.4) is 0 Å². The van der Waals surface area contributed by atoms with Gasteiger partial charge in [0.15, 0.2) is 0 Å². The van der Waals surface area contributed by atoms with Gasteiger partial charge in [0.1, 0.15) is 12.4 Å². The Kier molecular flexibility index (Phi) is 7.25. The Morgan fingerprint density at radius 2 is 2.11 bits per heavy atom. The molecule has 0 saturated heterocycles. The van der Waals surface area contributed by atoms with E-state index in [9.17, 15) is 0 Å². The van der Waals surface area contributed by atoms with Crippen LogP contribution in [-0.2, 0) is 20.2 Å². The van der Waals surface area contributed by atoms with E-state index in [1.807, 2.05) is 19.2 Å². The van der Waals surface area contributed by atoms with Crippen molar-refractivity contribution in [2.75, 3.05) is 12.3 Å². The lowest BCUT2D eigenvalue weighted by atomic mass is 10.1. The zero-order chi connectivity index (χ0) is 19.1. The maximum Gasteiger partial charge on any atom is 0.209 e. The third kappa shape index (κ3) is 6.05. The van der Waals surface area contributed by atoms with E-state index in [0.717, 1.165) is 39.8 Å². The molecule has 3 aromatic rings. The second-order valence-corrected chi connectivity index (χ2v) is 8.12. The first-order valence-corrected chi connectivity index (χ1v) is 10.4. The van der Waals surface area contributed by atoms with Crippen LogP contribution < -0.4 is 10.1 Å². The molecule has 0 aliphatic carbocycles. The monoisotopic (exact) mass is 447 g/mol. The summed E-state index contributed by atoms with van der Waals surface area (Å²) in [5.74, 6) is 1.79. The molecule has 3 rings (SSSR count). The Morgan fingerprint density at radius 1 is 1.22 bits per heavy atom. The van der Waals surface area contributed by atoms with Gasteiger partial charge in [-0.3, -0.25) is 0 Å². The lowest BCUT2D eigenvalue weighted by molar-refractivity contribution is 0.302. The molecule has 8 heteroatoms. The summed E-state index contributed by atoms with van der Waals surface area (Å²) in [7, 11) is 1.84. The molecular weight excluding hydrogens is 426 g/mol. The molecule has 142 valence electrons. The fourth-order valence-electron chi connectivity index (χ4n) is 2.57. The van der Waals surface area contributed by atoms with Gasteiger partial charge >= 0.3 is 0 Å². The number of nitrogens with zero attached hydrogens (tertiary/aromatic N) is 4. The van der Waals surface area contributed by atoms with E-state index in [1.165, 1.54) is 11.1 Å². The number of nitrogens with one attached hydrogen (secondary N) is 1. The quantitative estimate of drug-likeness (QED) is 0.398. The van der Waals surface area contributed by atoms with Crippen LogP contribution in [0.15, 0.2) is 52.1 Å². The van der Waals surface area contributed by atoms with Crippen molar-refractivity contribution in [3.63, 3.8) is 0 Å². The molecule has 6 nitrogen and oxygen atoms in total. The van der Waals surface area contributed by atoms with Crippen LogP contribution in [0.1, 0.15) is 16.7 Å². The van der Waals surface area contributed by atoms with Gasteiger partial charge in [-0.1, -0.05) is 57.5 Å². The minimum Gasteiger partial charge on any atom is -0.489 e. The Hall–Kier alpha value is -1.90. The smallest absolute Gasteiger partial charge is 0.209 e. The molecule has 0 spiro atoms. The highest BCUT2D eigenvalue weighted by Crippen LogP contribution is 2.24. The highest BCUT2D eigenvalue weighted by molar-refractivity contribution is 9.10. The molecule has 0 saturated carbocycles. The van der Waals surface area contributed by atoms with Gasteiger partial charge in [-0.15, -0.1) is 5.10 Å². The number of tetrazole rings is 1. The van der Waals surface area contributed by atoms with E-state index in [0.29, 0.717) is 6.61 Å². The normalized spacial score (nSPS) is 10.9. The molecular formula is C19H22BrN5OS. The largest absolute Gasteiger partial charge is 0.489 e. The first-order valence-electron chi connectivity index (χ1n) is 8.64. The van der Waals surface area contributed by atoms with E-state index in [1.54, 1.807) is 16.4 Å². The number of halogens is 1. The Morgan fingerprint density at radius 3 is 2.89 bits per heavy atom. The van der Waals surface area contributed by atoms with Crippen LogP contribution in [-0.4, -0.2) is 32.5 Å². The average molecular weight is 448 g/mol. The standard InChI is InChI=1S/C19H22BrN5OS/c1-14-4-3-5-15(10-14)13-26-18-7-6-17(20)11-16(18)12-21-8-9-27-19-22-23-24-25(19)2/h3-7,10-11,21H,8-9,12-13H2,1-2H3. The van der Waals surface area contributed by atoms with Crippen molar-refractivity contribution in [1.82, 2.24) is 25.5 Å². The van der Waals surface area contributed by atoms with Gasteiger partial charge in [0.2, 0.25) is 5.16 Å². The van der Waals surface area contributed by atoms with Gasteiger partial charge in [-0.2, -0.15) is 0 Å². The molecule has 0 unspecified atom stereocenters. The number of benzene rings is 2. The molecule has 1 heterocycles. The van der Waals surface area contributed by atoms with Crippen LogP contribution in [0.2, 0.25) is 0 Å². The van der Waals surface area contributed by atoms with E-state index in [-0.39, 0.29) is 0 Å². The highest BCUT2D eigenvalue weighted by Gasteiger charge is 2.06. The molecule has 0 aliphatic rings. The van der Waals surface area contributed by atoms with Crippen molar-refractivity contribution < 1.29 is 4.74 Å². The van der Waals surface area contributed by atoms with E-state index in [4.69, 9.17) is 4.74 Å². The summed E-state index contributed by atoms with van der Waals surface area (Å²) in [6.07, 6.45) is 0. The molecule has 0 atom stereocenters. The highest BCUT2D eigenvalue weighted by atomic mass is 79.9. The third-order valence-corrected chi connectivity index (χ3v) is 5.41. The van der Waals surface area contributed by atoms with E-state index < -0.39 is 0 Å². The number of rotatable bonds is 9. The van der Waals surface area contributed by atoms with Gasteiger partial charge in [0.05, 0.1) is 0 Å². The lowest BCUT2D eigenvalue weighted by Gasteiger charge is -2.13. The molecule has 27 heavy (non-hydrogen) atoms. The number of hydrogen-bond acceptors (Lipinski definition) is 6. The van der Waals surface area contributed by atoms with Gasteiger partial charge in [-0.25, -0.2) is 4.68 Å². The van der Waals surface area contributed by atoms with Crippen LogP contribution in [0.25, 0.3) is 0 Å². The second-order valence-electron chi connectivity index (χ2n) is 6.14. The maximum absolute atomic E-state index is 6.07. The molecule has 0 aliphatic heterocycles. The summed E-state index contributed by atoms with van der Waals surface area (Å²) in [6, 6.07) is 14.5. The maximum atomic E-state index is 6.07. The zero-order valence-corrected chi connectivity index (χ0v) is 17.8. The Bertz CT molecular complexity index is 886. The van der Waals surface area contributed by atoms with Gasteiger partial charge in [0, 0.05) is 35.9 Å². The number of ether oxygens (including phenoxy) is 1. The number of aromatic nitrogens is 4. The minimum atomic E-state index is 0.561. The fourth-order valence-corrected chi connectivity index (χ4v) is 3.73.